The lowest BCUT2D eigenvalue weighted by Crippen LogP contribution is -2.49. The van der Waals surface area contributed by atoms with Crippen LogP contribution in [-0.4, -0.2) is 43.4 Å². The predicted octanol–water partition coefficient (Wildman–Crippen LogP) is 0.124. The predicted molar refractivity (Wildman–Crippen MR) is 73.1 cm³/mol. The number of aliphatic hydroxyl groups is 1. The molecule has 0 aromatic carbocycles. The number of carbonyl (C=O) groups is 1. The van der Waals surface area contributed by atoms with Crippen molar-refractivity contribution in [3.05, 3.63) is 0 Å². The number of amides is 1. The van der Waals surface area contributed by atoms with Gasteiger partial charge in [-0.3, -0.25) is 4.79 Å². The third kappa shape index (κ3) is 5.88. The molecule has 1 unspecified atom stereocenters. The van der Waals surface area contributed by atoms with Gasteiger partial charge in [0, 0.05) is 6.04 Å². The lowest BCUT2D eigenvalue weighted by atomic mass is 9.93. The second-order valence-corrected chi connectivity index (χ2v) is 7.05. The number of aliphatic hydroxyl groups excluding tert-OH is 1. The molecule has 0 spiro atoms. The molecule has 1 saturated carbocycles. The third-order valence-electron chi connectivity index (χ3n) is 3.27. The van der Waals surface area contributed by atoms with Crippen LogP contribution in [0.2, 0.25) is 0 Å². The molecular weight excluding hydrogens is 268 g/mol. The largest absolute Gasteiger partial charge is 0.393 e. The summed E-state index contributed by atoms with van der Waals surface area (Å²) >= 11 is 0. The van der Waals surface area contributed by atoms with Gasteiger partial charge in [0.1, 0.15) is 0 Å². The molecule has 0 aromatic heterocycles. The van der Waals surface area contributed by atoms with E-state index in [1.54, 1.807) is 13.8 Å². The molecule has 3 N–H and O–H groups in total. The molecule has 0 heterocycles. The van der Waals surface area contributed by atoms with Gasteiger partial charge in [-0.1, -0.05) is 6.92 Å². The molecule has 1 aliphatic carbocycles. The maximum absolute atomic E-state index is 11.9. The second kappa shape index (κ2) is 7.21. The quantitative estimate of drug-likeness (QED) is 0.648. The molecule has 19 heavy (non-hydrogen) atoms. The zero-order chi connectivity index (χ0) is 14.5. The molecule has 1 aliphatic rings. The number of nitrogens with one attached hydrogen (secondary N) is 2. The minimum absolute atomic E-state index is 0.0280. The molecule has 7 heteroatoms. The summed E-state index contributed by atoms with van der Waals surface area (Å²) in [5.74, 6) is -0.277. The van der Waals surface area contributed by atoms with E-state index in [1.807, 2.05) is 0 Å². The lowest BCUT2D eigenvalue weighted by Gasteiger charge is -2.27. The van der Waals surface area contributed by atoms with Crippen LogP contribution in [-0.2, 0) is 14.8 Å². The van der Waals surface area contributed by atoms with Crippen molar-refractivity contribution in [2.75, 3.05) is 5.75 Å². The molecule has 6 nitrogen and oxygen atoms in total. The second-order valence-electron chi connectivity index (χ2n) is 5.17. The standard InChI is InChI=1S/C12H24N2O4S/c1-3-8-19(17,18)14-9(2)12(16)13-10-4-6-11(15)7-5-10/h9-11,14-15H,3-8H2,1-2H3,(H,13,16). The Labute approximate surface area is 115 Å². The smallest absolute Gasteiger partial charge is 0.238 e. The topological polar surface area (TPSA) is 95.5 Å². The van der Waals surface area contributed by atoms with E-state index in [2.05, 4.69) is 10.0 Å². The van der Waals surface area contributed by atoms with Crippen molar-refractivity contribution in [3.8, 4) is 0 Å². The highest BCUT2D eigenvalue weighted by Gasteiger charge is 2.24. The first-order valence-electron chi connectivity index (χ1n) is 6.82. The molecule has 112 valence electrons. The molecule has 1 fully saturated rings. The van der Waals surface area contributed by atoms with Gasteiger partial charge in [0.05, 0.1) is 17.9 Å². The average Bonchev–Trinajstić information content (AvgIpc) is 2.31. The molecule has 0 radical (unpaired) electrons. The Morgan fingerprint density at radius 1 is 1.32 bits per heavy atom. The van der Waals surface area contributed by atoms with Gasteiger partial charge >= 0.3 is 0 Å². The Balaban J connectivity index is 2.40. The molecule has 0 aliphatic heterocycles. The van der Waals surface area contributed by atoms with Crippen LogP contribution in [0.3, 0.4) is 0 Å². The van der Waals surface area contributed by atoms with Gasteiger partial charge in [-0.15, -0.1) is 0 Å². The highest BCUT2D eigenvalue weighted by Crippen LogP contribution is 2.18. The first kappa shape index (κ1) is 16.4. The minimum atomic E-state index is -3.38. The van der Waals surface area contributed by atoms with Crippen molar-refractivity contribution < 1.29 is 18.3 Å². The van der Waals surface area contributed by atoms with Crippen LogP contribution in [0.5, 0.6) is 0 Å². The van der Waals surface area contributed by atoms with E-state index in [-0.39, 0.29) is 23.8 Å². The van der Waals surface area contributed by atoms with Crippen molar-refractivity contribution in [1.82, 2.24) is 10.0 Å². The van der Waals surface area contributed by atoms with Crippen LogP contribution in [0.25, 0.3) is 0 Å². The van der Waals surface area contributed by atoms with E-state index in [0.717, 1.165) is 12.8 Å². The highest BCUT2D eigenvalue weighted by atomic mass is 32.2. The Hall–Kier alpha value is -0.660. The number of rotatable bonds is 6. The van der Waals surface area contributed by atoms with E-state index in [1.165, 1.54) is 0 Å². The zero-order valence-corrected chi connectivity index (χ0v) is 12.4. The number of sulfonamides is 1. The summed E-state index contributed by atoms with van der Waals surface area (Å²) in [5, 5.41) is 12.2. The number of hydrogen-bond acceptors (Lipinski definition) is 4. The van der Waals surface area contributed by atoms with Gasteiger partial charge in [-0.2, -0.15) is 0 Å². The van der Waals surface area contributed by atoms with Gasteiger partial charge in [-0.25, -0.2) is 13.1 Å². The SMILES string of the molecule is CCCS(=O)(=O)NC(C)C(=O)NC1CCC(O)CC1. The van der Waals surface area contributed by atoms with Crippen LogP contribution in [0.4, 0.5) is 0 Å². The van der Waals surface area contributed by atoms with Gasteiger partial charge < -0.3 is 10.4 Å². The minimum Gasteiger partial charge on any atom is -0.393 e. The van der Waals surface area contributed by atoms with Crippen LogP contribution in [0.1, 0.15) is 46.0 Å². The van der Waals surface area contributed by atoms with Crippen LogP contribution in [0, 0.1) is 0 Å². The van der Waals surface area contributed by atoms with Crippen molar-refractivity contribution in [2.24, 2.45) is 0 Å². The Morgan fingerprint density at radius 2 is 1.89 bits per heavy atom. The summed E-state index contributed by atoms with van der Waals surface area (Å²) in [6, 6.07) is -0.725. The molecule has 0 bridgehead atoms. The van der Waals surface area contributed by atoms with E-state index in [0.29, 0.717) is 19.3 Å². The third-order valence-corrected chi connectivity index (χ3v) is 4.92. The first-order valence-corrected chi connectivity index (χ1v) is 8.47. The average molecular weight is 292 g/mol. The molecule has 1 atom stereocenters. The monoisotopic (exact) mass is 292 g/mol. The molecule has 0 saturated heterocycles. The molecule has 1 rings (SSSR count). The van der Waals surface area contributed by atoms with Crippen molar-refractivity contribution in [3.63, 3.8) is 0 Å². The first-order chi connectivity index (χ1) is 8.84. The fourth-order valence-corrected chi connectivity index (χ4v) is 3.50. The summed E-state index contributed by atoms with van der Waals surface area (Å²) < 4.78 is 25.5. The normalized spacial score (nSPS) is 25.8. The summed E-state index contributed by atoms with van der Waals surface area (Å²) in [6.07, 6.45) is 3.09. The van der Waals surface area contributed by atoms with Gasteiger partial charge in [0.25, 0.3) is 0 Å². The van der Waals surface area contributed by atoms with E-state index in [9.17, 15) is 18.3 Å². The van der Waals surface area contributed by atoms with Crippen LogP contribution in [0.15, 0.2) is 0 Å². The molecular formula is C12H24N2O4S. The van der Waals surface area contributed by atoms with Crippen molar-refractivity contribution >= 4 is 15.9 Å². The molecule has 1 amide bonds. The lowest BCUT2D eigenvalue weighted by molar-refractivity contribution is -0.123. The fourth-order valence-electron chi connectivity index (χ4n) is 2.20. The Kier molecular flexibility index (Phi) is 6.22. The maximum atomic E-state index is 11.9. The number of carbonyl (C=O) groups excluding carboxylic acids is 1. The summed E-state index contributed by atoms with van der Waals surface area (Å²) in [6.45, 7) is 3.32. The van der Waals surface area contributed by atoms with Crippen molar-refractivity contribution in [1.29, 1.82) is 0 Å². The van der Waals surface area contributed by atoms with E-state index >= 15 is 0 Å². The van der Waals surface area contributed by atoms with Gasteiger partial charge in [0.2, 0.25) is 15.9 Å². The Bertz CT molecular complexity index is 389. The van der Waals surface area contributed by atoms with Gasteiger partial charge in [0.15, 0.2) is 0 Å². The number of hydrogen-bond donors (Lipinski definition) is 3. The summed E-state index contributed by atoms with van der Waals surface area (Å²) in [7, 11) is -3.38. The fraction of sp³-hybridized carbons (Fsp3) is 0.917. The van der Waals surface area contributed by atoms with Gasteiger partial charge in [-0.05, 0) is 39.0 Å². The van der Waals surface area contributed by atoms with E-state index in [4.69, 9.17) is 0 Å². The Morgan fingerprint density at radius 3 is 2.42 bits per heavy atom. The van der Waals surface area contributed by atoms with Crippen LogP contribution < -0.4 is 10.0 Å². The molecule has 0 aromatic rings. The summed E-state index contributed by atoms with van der Waals surface area (Å²) in [4.78, 5) is 11.9. The highest BCUT2D eigenvalue weighted by molar-refractivity contribution is 7.89. The summed E-state index contributed by atoms with van der Waals surface area (Å²) in [5.41, 5.74) is 0. The zero-order valence-electron chi connectivity index (χ0n) is 11.6. The van der Waals surface area contributed by atoms with Crippen LogP contribution >= 0.6 is 0 Å². The maximum Gasteiger partial charge on any atom is 0.238 e. The van der Waals surface area contributed by atoms with Crippen molar-refractivity contribution in [2.45, 2.75) is 64.1 Å². The van der Waals surface area contributed by atoms with E-state index < -0.39 is 16.1 Å².